The van der Waals surface area contributed by atoms with Crippen molar-refractivity contribution in [2.45, 2.75) is 65.5 Å². The smallest absolute Gasteiger partial charge is 0.0302 e. The molecule has 1 atom stereocenters. The van der Waals surface area contributed by atoms with Gasteiger partial charge in [0, 0.05) is 22.3 Å². The molecule has 1 aromatic heterocycles. The van der Waals surface area contributed by atoms with Crippen molar-refractivity contribution in [2.75, 3.05) is 0 Å². The topological polar surface area (TPSA) is 12.0 Å². The molecule has 96 valence electrons. The molecular weight excluding hydrogens is 226 g/mol. The minimum Gasteiger partial charge on any atom is -0.309 e. The zero-order valence-electron chi connectivity index (χ0n) is 11.4. The van der Waals surface area contributed by atoms with Gasteiger partial charge in [-0.05, 0) is 51.2 Å². The van der Waals surface area contributed by atoms with Gasteiger partial charge in [-0.25, -0.2) is 0 Å². The summed E-state index contributed by atoms with van der Waals surface area (Å²) in [6.45, 7) is 7.84. The molecule has 0 saturated heterocycles. The van der Waals surface area contributed by atoms with Crippen LogP contribution in [0.1, 0.15) is 54.3 Å². The van der Waals surface area contributed by atoms with E-state index in [0.717, 1.165) is 12.5 Å². The molecular formula is C15H25NS. The van der Waals surface area contributed by atoms with Crippen LogP contribution in [0, 0.1) is 19.8 Å². The lowest BCUT2D eigenvalue weighted by Crippen LogP contribution is -2.33. The first-order valence-corrected chi connectivity index (χ1v) is 7.78. The fourth-order valence-electron chi connectivity index (χ4n) is 2.80. The van der Waals surface area contributed by atoms with Gasteiger partial charge in [-0.3, -0.25) is 0 Å². The molecule has 1 aliphatic carbocycles. The Hall–Kier alpha value is -0.340. The second kappa shape index (κ2) is 6.01. The monoisotopic (exact) mass is 251 g/mol. The summed E-state index contributed by atoms with van der Waals surface area (Å²) in [5.74, 6) is 0.908. The first kappa shape index (κ1) is 13.1. The molecule has 17 heavy (non-hydrogen) atoms. The third-order valence-electron chi connectivity index (χ3n) is 4.17. The largest absolute Gasteiger partial charge is 0.309 e. The van der Waals surface area contributed by atoms with Crippen LogP contribution in [0.5, 0.6) is 0 Å². The lowest BCUT2D eigenvalue weighted by atomic mass is 9.84. The average Bonchev–Trinajstić information content (AvgIpc) is 2.67. The molecule has 2 heteroatoms. The molecule has 0 radical (unpaired) electrons. The zero-order chi connectivity index (χ0) is 12.3. The van der Waals surface area contributed by atoms with Crippen LogP contribution in [0.2, 0.25) is 0 Å². The van der Waals surface area contributed by atoms with Crippen molar-refractivity contribution in [2.24, 2.45) is 5.92 Å². The van der Waals surface area contributed by atoms with Crippen molar-refractivity contribution in [3.8, 4) is 0 Å². The van der Waals surface area contributed by atoms with Crippen LogP contribution in [0.3, 0.4) is 0 Å². The third kappa shape index (κ3) is 3.56. The molecule has 1 aromatic rings. The first-order chi connectivity index (χ1) is 8.16. The van der Waals surface area contributed by atoms with Gasteiger partial charge in [-0.1, -0.05) is 19.3 Å². The molecule has 1 saturated carbocycles. The van der Waals surface area contributed by atoms with E-state index in [2.05, 4.69) is 32.2 Å². The molecule has 1 aliphatic rings. The van der Waals surface area contributed by atoms with Gasteiger partial charge in [0.2, 0.25) is 0 Å². The molecule has 0 spiro atoms. The van der Waals surface area contributed by atoms with Crippen molar-refractivity contribution in [1.82, 2.24) is 5.32 Å². The van der Waals surface area contributed by atoms with Crippen LogP contribution >= 0.6 is 11.3 Å². The summed E-state index contributed by atoms with van der Waals surface area (Å²) in [6.07, 6.45) is 7.18. The van der Waals surface area contributed by atoms with Crippen molar-refractivity contribution in [3.05, 3.63) is 21.4 Å². The maximum absolute atomic E-state index is 3.72. The highest BCUT2D eigenvalue weighted by atomic mass is 32.1. The number of hydrogen-bond donors (Lipinski definition) is 1. The van der Waals surface area contributed by atoms with E-state index in [-0.39, 0.29) is 0 Å². The van der Waals surface area contributed by atoms with E-state index in [1.54, 1.807) is 0 Å². The molecule has 2 rings (SSSR count). The SMILES string of the molecule is Cc1cc(CNC(C)C2CCCCC2)sc1C. The van der Waals surface area contributed by atoms with E-state index in [0.29, 0.717) is 6.04 Å². The predicted octanol–water partition coefficient (Wildman–Crippen LogP) is 4.42. The molecule has 1 heterocycles. The Kier molecular flexibility index (Phi) is 4.63. The standard InChI is InChI=1S/C15H25NS/c1-11-9-15(17-13(11)3)10-16-12(2)14-7-5-4-6-8-14/h9,12,14,16H,4-8,10H2,1-3H3. The summed E-state index contributed by atoms with van der Waals surface area (Å²) in [5.41, 5.74) is 1.44. The Labute approximate surface area is 110 Å². The van der Waals surface area contributed by atoms with E-state index in [9.17, 15) is 0 Å². The van der Waals surface area contributed by atoms with Gasteiger partial charge in [-0.15, -0.1) is 11.3 Å². The van der Waals surface area contributed by atoms with Crippen LogP contribution in [0.25, 0.3) is 0 Å². The van der Waals surface area contributed by atoms with E-state index >= 15 is 0 Å². The minimum atomic E-state index is 0.679. The number of thiophene rings is 1. The average molecular weight is 251 g/mol. The Bertz CT molecular complexity index is 330. The van der Waals surface area contributed by atoms with Crippen LogP contribution in [-0.4, -0.2) is 6.04 Å². The Morgan fingerprint density at radius 1 is 1.29 bits per heavy atom. The normalized spacial score (nSPS) is 19.5. The van der Waals surface area contributed by atoms with Gasteiger partial charge in [0.05, 0.1) is 0 Å². The second-order valence-electron chi connectivity index (χ2n) is 5.52. The maximum Gasteiger partial charge on any atom is 0.0302 e. The summed E-state index contributed by atoms with van der Waals surface area (Å²) in [7, 11) is 0. The molecule has 1 fully saturated rings. The third-order valence-corrected chi connectivity index (χ3v) is 5.32. The second-order valence-corrected chi connectivity index (χ2v) is 6.86. The molecule has 0 aromatic carbocycles. The lowest BCUT2D eigenvalue weighted by molar-refractivity contribution is 0.281. The van der Waals surface area contributed by atoms with Gasteiger partial charge in [0.25, 0.3) is 0 Å². The summed E-state index contributed by atoms with van der Waals surface area (Å²) < 4.78 is 0. The Morgan fingerprint density at radius 3 is 2.59 bits per heavy atom. The molecule has 0 amide bonds. The molecule has 0 aliphatic heterocycles. The van der Waals surface area contributed by atoms with Crippen LogP contribution in [-0.2, 0) is 6.54 Å². The predicted molar refractivity (Wildman–Crippen MR) is 76.7 cm³/mol. The van der Waals surface area contributed by atoms with Gasteiger partial charge in [0.15, 0.2) is 0 Å². The van der Waals surface area contributed by atoms with Gasteiger partial charge in [0.1, 0.15) is 0 Å². The highest BCUT2D eigenvalue weighted by Gasteiger charge is 2.19. The van der Waals surface area contributed by atoms with Crippen molar-refractivity contribution >= 4 is 11.3 Å². The molecule has 1 N–H and O–H groups in total. The van der Waals surface area contributed by atoms with E-state index < -0.39 is 0 Å². The summed E-state index contributed by atoms with van der Waals surface area (Å²) >= 11 is 1.94. The summed E-state index contributed by atoms with van der Waals surface area (Å²) in [4.78, 5) is 2.95. The van der Waals surface area contributed by atoms with Gasteiger partial charge < -0.3 is 5.32 Å². The van der Waals surface area contributed by atoms with Crippen molar-refractivity contribution in [3.63, 3.8) is 0 Å². The van der Waals surface area contributed by atoms with Crippen molar-refractivity contribution < 1.29 is 0 Å². The van der Waals surface area contributed by atoms with Gasteiger partial charge in [-0.2, -0.15) is 0 Å². The number of rotatable bonds is 4. The fraction of sp³-hybridized carbons (Fsp3) is 0.733. The Balaban J connectivity index is 1.80. The van der Waals surface area contributed by atoms with E-state index in [1.165, 1.54) is 47.4 Å². The maximum atomic E-state index is 3.72. The van der Waals surface area contributed by atoms with Gasteiger partial charge >= 0.3 is 0 Å². The van der Waals surface area contributed by atoms with Crippen LogP contribution < -0.4 is 5.32 Å². The molecule has 1 unspecified atom stereocenters. The van der Waals surface area contributed by atoms with E-state index in [1.807, 2.05) is 11.3 Å². The summed E-state index contributed by atoms with van der Waals surface area (Å²) in [5, 5.41) is 3.72. The minimum absolute atomic E-state index is 0.679. The summed E-state index contributed by atoms with van der Waals surface area (Å²) in [6, 6.07) is 3.01. The highest BCUT2D eigenvalue weighted by molar-refractivity contribution is 7.12. The van der Waals surface area contributed by atoms with E-state index in [4.69, 9.17) is 0 Å². The lowest BCUT2D eigenvalue weighted by Gasteiger charge is -2.28. The zero-order valence-corrected chi connectivity index (χ0v) is 12.2. The number of aryl methyl sites for hydroxylation is 2. The number of hydrogen-bond acceptors (Lipinski definition) is 2. The molecule has 1 nitrogen and oxygen atoms in total. The first-order valence-electron chi connectivity index (χ1n) is 6.96. The quantitative estimate of drug-likeness (QED) is 0.835. The molecule has 0 bridgehead atoms. The highest BCUT2D eigenvalue weighted by Crippen LogP contribution is 2.27. The fourth-order valence-corrected chi connectivity index (χ4v) is 3.80. The number of nitrogens with one attached hydrogen (secondary N) is 1. The Morgan fingerprint density at radius 2 is 2.00 bits per heavy atom. The van der Waals surface area contributed by atoms with Crippen molar-refractivity contribution in [1.29, 1.82) is 0 Å². The van der Waals surface area contributed by atoms with Crippen LogP contribution in [0.15, 0.2) is 6.07 Å². The van der Waals surface area contributed by atoms with Crippen LogP contribution in [0.4, 0.5) is 0 Å².